The molecule has 1 aromatic heterocycles. The molecule has 0 spiro atoms. The molecule has 0 aliphatic heterocycles. The molecule has 0 bridgehead atoms. The number of hydrogen-bond donors (Lipinski definition) is 1. The van der Waals surface area contributed by atoms with Gasteiger partial charge in [-0.2, -0.15) is 0 Å². The molecule has 96 valence electrons. The first-order chi connectivity index (χ1) is 7.88. The minimum atomic E-state index is -0.0862. The fraction of sp³-hybridized carbons (Fsp3) is 0.667. The topological polar surface area (TPSA) is 49.2 Å². The number of halogens is 1. The third kappa shape index (κ3) is 3.92. The first-order valence-corrected chi connectivity index (χ1v) is 6.58. The maximum atomic E-state index is 9.03. The number of aliphatic hydroxyl groups is 1. The van der Waals surface area contributed by atoms with Crippen molar-refractivity contribution in [3.8, 4) is 0 Å². The van der Waals surface area contributed by atoms with E-state index in [0.717, 1.165) is 22.8 Å². The second-order valence-corrected chi connectivity index (χ2v) is 5.74. The standard InChI is InChI=1S/C12H20BrN3O/c1-5-16(6-7-17)10-8-9(13)14-11(15-10)12(2,3)4/h8,17H,5-7H2,1-4H3. The van der Waals surface area contributed by atoms with Gasteiger partial charge in [0.1, 0.15) is 16.2 Å². The minimum absolute atomic E-state index is 0.0862. The highest BCUT2D eigenvalue weighted by atomic mass is 79.9. The van der Waals surface area contributed by atoms with Crippen molar-refractivity contribution in [2.45, 2.75) is 33.1 Å². The van der Waals surface area contributed by atoms with E-state index in [1.165, 1.54) is 0 Å². The largest absolute Gasteiger partial charge is 0.395 e. The molecule has 17 heavy (non-hydrogen) atoms. The van der Waals surface area contributed by atoms with E-state index in [2.05, 4.69) is 46.7 Å². The van der Waals surface area contributed by atoms with Gasteiger partial charge in [0.25, 0.3) is 0 Å². The lowest BCUT2D eigenvalue weighted by atomic mass is 9.96. The Bertz CT molecular complexity index is 377. The molecule has 0 fully saturated rings. The van der Waals surface area contributed by atoms with Gasteiger partial charge in [0.2, 0.25) is 0 Å². The van der Waals surface area contributed by atoms with Crippen LogP contribution in [0.2, 0.25) is 0 Å². The van der Waals surface area contributed by atoms with Crippen LogP contribution in [0.1, 0.15) is 33.5 Å². The normalized spacial score (nSPS) is 11.6. The van der Waals surface area contributed by atoms with Crippen LogP contribution in [0, 0.1) is 0 Å². The van der Waals surface area contributed by atoms with Crippen molar-refractivity contribution in [2.75, 3.05) is 24.6 Å². The maximum absolute atomic E-state index is 9.03. The van der Waals surface area contributed by atoms with Gasteiger partial charge in [-0.3, -0.25) is 0 Å². The first kappa shape index (κ1) is 14.4. The lowest BCUT2D eigenvalue weighted by Crippen LogP contribution is -2.28. The monoisotopic (exact) mass is 301 g/mol. The molecular formula is C12H20BrN3O. The van der Waals surface area contributed by atoms with Gasteiger partial charge in [-0.05, 0) is 22.9 Å². The predicted octanol–water partition coefficient (Wildman–Crippen LogP) is 2.36. The first-order valence-electron chi connectivity index (χ1n) is 5.79. The maximum Gasteiger partial charge on any atom is 0.137 e. The summed E-state index contributed by atoms with van der Waals surface area (Å²) < 4.78 is 0.781. The predicted molar refractivity (Wildman–Crippen MR) is 73.4 cm³/mol. The Labute approximate surface area is 111 Å². The number of aliphatic hydroxyl groups excluding tert-OH is 1. The van der Waals surface area contributed by atoms with Crippen LogP contribution in [-0.2, 0) is 5.41 Å². The molecule has 1 aromatic rings. The molecule has 0 aromatic carbocycles. The summed E-state index contributed by atoms with van der Waals surface area (Å²) in [4.78, 5) is 11.0. The molecule has 1 N–H and O–H groups in total. The van der Waals surface area contributed by atoms with Gasteiger partial charge < -0.3 is 10.0 Å². The van der Waals surface area contributed by atoms with E-state index in [1.807, 2.05) is 17.9 Å². The molecule has 1 rings (SSSR count). The number of aromatic nitrogens is 2. The van der Waals surface area contributed by atoms with E-state index in [9.17, 15) is 0 Å². The van der Waals surface area contributed by atoms with Crippen molar-refractivity contribution < 1.29 is 5.11 Å². The number of hydrogen-bond acceptors (Lipinski definition) is 4. The number of nitrogens with zero attached hydrogens (tertiary/aromatic N) is 3. The molecule has 0 atom stereocenters. The average Bonchev–Trinajstić information content (AvgIpc) is 2.23. The number of likely N-dealkylation sites (N-methyl/N-ethyl adjacent to an activating group) is 1. The van der Waals surface area contributed by atoms with Crippen molar-refractivity contribution in [1.82, 2.24) is 9.97 Å². The summed E-state index contributed by atoms with van der Waals surface area (Å²) in [6.07, 6.45) is 0. The average molecular weight is 302 g/mol. The number of anilines is 1. The quantitative estimate of drug-likeness (QED) is 0.868. The van der Waals surface area contributed by atoms with Gasteiger partial charge in [-0.15, -0.1) is 0 Å². The third-order valence-corrected chi connectivity index (χ3v) is 2.83. The highest BCUT2D eigenvalue weighted by Gasteiger charge is 2.19. The second kappa shape index (κ2) is 5.78. The Morgan fingerprint density at radius 2 is 2.00 bits per heavy atom. The van der Waals surface area contributed by atoms with Crippen LogP contribution < -0.4 is 4.90 Å². The van der Waals surface area contributed by atoms with Gasteiger partial charge in [-0.1, -0.05) is 20.8 Å². The number of rotatable bonds is 4. The van der Waals surface area contributed by atoms with Crippen molar-refractivity contribution in [3.63, 3.8) is 0 Å². The molecule has 4 nitrogen and oxygen atoms in total. The van der Waals surface area contributed by atoms with Gasteiger partial charge in [-0.25, -0.2) is 9.97 Å². The lowest BCUT2D eigenvalue weighted by molar-refractivity contribution is 0.302. The molecule has 0 aliphatic rings. The molecule has 5 heteroatoms. The van der Waals surface area contributed by atoms with E-state index in [0.29, 0.717) is 6.54 Å². The summed E-state index contributed by atoms with van der Waals surface area (Å²) in [5.41, 5.74) is -0.0862. The third-order valence-electron chi connectivity index (χ3n) is 2.43. The molecule has 0 amide bonds. The molecule has 1 heterocycles. The van der Waals surface area contributed by atoms with Crippen LogP contribution in [0.5, 0.6) is 0 Å². The van der Waals surface area contributed by atoms with Crippen LogP contribution >= 0.6 is 15.9 Å². The Hall–Kier alpha value is -0.680. The van der Waals surface area contributed by atoms with E-state index in [4.69, 9.17) is 5.11 Å². The van der Waals surface area contributed by atoms with Gasteiger partial charge in [0, 0.05) is 24.6 Å². The zero-order valence-corrected chi connectivity index (χ0v) is 12.5. The van der Waals surface area contributed by atoms with E-state index < -0.39 is 0 Å². The van der Waals surface area contributed by atoms with Crippen molar-refractivity contribution in [3.05, 3.63) is 16.5 Å². The summed E-state index contributed by atoms with van der Waals surface area (Å²) in [6.45, 7) is 9.82. The van der Waals surface area contributed by atoms with Crippen LogP contribution in [-0.4, -0.2) is 34.8 Å². The zero-order valence-electron chi connectivity index (χ0n) is 10.9. The van der Waals surface area contributed by atoms with Crippen molar-refractivity contribution in [1.29, 1.82) is 0 Å². The molecular weight excluding hydrogens is 282 g/mol. The van der Waals surface area contributed by atoms with E-state index in [1.54, 1.807) is 0 Å². The highest BCUT2D eigenvalue weighted by molar-refractivity contribution is 9.10. The zero-order chi connectivity index (χ0) is 13.1. The Kier molecular flexibility index (Phi) is 4.89. The van der Waals surface area contributed by atoms with Gasteiger partial charge in [0.05, 0.1) is 6.61 Å². The summed E-state index contributed by atoms with van der Waals surface area (Å²) >= 11 is 3.41. The SMILES string of the molecule is CCN(CCO)c1cc(Br)nc(C(C)(C)C)n1. The van der Waals surface area contributed by atoms with Crippen LogP contribution in [0.3, 0.4) is 0 Å². The van der Waals surface area contributed by atoms with Crippen LogP contribution in [0.15, 0.2) is 10.7 Å². The summed E-state index contributed by atoms with van der Waals surface area (Å²) in [6, 6.07) is 1.88. The summed E-state index contributed by atoms with van der Waals surface area (Å²) in [5, 5.41) is 9.03. The minimum Gasteiger partial charge on any atom is -0.395 e. The highest BCUT2D eigenvalue weighted by Crippen LogP contribution is 2.24. The smallest absolute Gasteiger partial charge is 0.137 e. The van der Waals surface area contributed by atoms with Gasteiger partial charge in [0.15, 0.2) is 0 Å². The van der Waals surface area contributed by atoms with Crippen molar-refractivity contribution in [2.24, 2.45) is 0 Å². The Morgan fingerprint density at radius 1 is 1.35 bits per heavy atom. The van der Waals surface area contributed by atoms with Crippen molar-refractivity contribution >= 4 is 21.7 Å². The summed E-state index contributed by atoms with van der Waals surface area (Å²) in [7, 11) is 0. The Morgan fingerprint density at radius 3 is 2.47 bits per heavy atom. The van der Waals surface area contributed by atoms with E-state index in [-0.39, 0.29) is 12.0 Å². The molecule has 0 radical (unpaired) electrons. The second-order valence-electron chi connectivity index (χ2n) is 4.93. The van der Waals surface area contributed by atoms with E-state index >= 15 is 0 Å². The van der Waals surface area contributed by atoms with Crippen LogP contribution in [0.4, 0.5) is 5.82 Å². The summed E-state index contributed by atoms with van der Waals surface area (Å²) in [5.74, 6) is 1.66. The fourth-order valence-electron chi connectivity index (χ4n) is 1.46. The molecule has 0 unspecified atom stereocenters. The molecule has 0 aliphatic carbocycles. The molecule has 0 saturated carbocycles. The fourth-order valence-corrected chi connectivity index (χ4v) is 1.83. The van der Waals surface area contributed by atoms with Gasteiger partial charge >= 0.3 is 0 Å². The molecule has 0 saturated heterocycles. The Balaban J connectivity index is 3.12. The lowest BCUT2D eigenvalue weighted by Gasteiger charge is -2.24. The van der Waals surface area contributed by atoms with Crippen LogP contribution in [0.25, 0.3) is 0 Å².